The van der Waals surface area contributed by atoms with E-state index in [2.05, 4.69) is 6.92 Å². The van der Waals surface area contributed by atoms with E-state index in [9.17, 15) is 9.59 Å². The second-order valence-corrected chi connectivity index (χ2v) is 8.45. The number of amides is 2. The van der Waals surface area contributed by atoms with Crippen molar-refractivity contribution in [3.63, 3.8) is 0 Å². The number of unbranched alkanes of at least 4 members (excludes halogenated alkanes) is 1. The Balaban J connectivity index is 1.63. The molecule has 4 rings (SSSR count). The summed E-state index contributed by atoms with van der Waals surface area (Å²) in [6.07, 6.45) is 2.44. The van der Waals surface area contributed by atoms with Gasteiger partial charge < -0.3 is 14.4 Å². The standard InChI is InChI=1S/C25H30N4O2/c1-4-5-14-27(3)24(31)17-29-22-9-7-6-8-21(22)26-25(29)19-15-23(30)28(16-19)20-12-10-18(2)11-13-20/h6-13,19H,4-5,14-17H2,1-3H3/t19-/m1/s1. The zero-order valence-corrected chi connectivity index (χ0v) is 18.5. The van der Waals surface area contributed by atoms with Crippen molar-refractivity contribution in [2.45, 2.75) is 45.6 Å². The largest absolute Gasteiger partial charge is 0.344 e. The highest BCUT2D eigenvalue weighted by Gasteiger charge is 2.35. The first-order valence-electron chi connectivity index (χ1n) is 11.0. The molecule has 1 aliphatic rings. The molecule has 1 fully saturated rings. The van der Waals surface area contributed by atoms with Crippen molar-refractivity contribution in [2.75, 3.05) is 25.0 Å². The van der Waals surface area contributed by atoms with Crippen LogP contribution in [0.4, 0.5) is 5.69 Å². The number of anilines is 1. The van der Waals surface area contributed by atoms with Crippen LogP contribution in [-0.4, -0.2) is 46.4 Å². The van der Waals surface area contributed by atoms with Crippen LogP contribution < -0.4 is 4.90 Å². The monoisotopic (exact) mass is 418 g/mol. The summed E-state index contributed by atoms with van der Waals surface area (Å²) in [6.45, 7) is 5.72. The number of rotatable bonds is 7. The lowest BCUT2D eigenvalue weighted by Gasteiger charge is -2.20. The molecule has 162 valence electrons. The highest BCUT2D eigenvalue weighted by molar-refractivity contribution is 5.96. The van der Waals surface area contributed by atoms with Crippen LogP contribution in [0.25, 0.3) is 11.0 Å². The van der Waals surface area contributed by atoms with Gasteiger partial charge >= 0.3 is 0 Å². The van der Waals surface area contributed by atoms with Gasteiger partial charge in [0.2, 0.25) is 11.8 Å². The fourth-order valence-corrected chi connectivity index (χ4v) is 4.20. The predicted octanol–water partition coefficient (Wildman–Crippen LogP) is 4.12. The average Bonchev–Trinajstić information content (AvgIpc) is 3.33. The Morgan fingerprint density at radius 1 is 1.16 bits per heavy atom. The molecule has 2 aromatic carbocycles. The van der Waals surface area contributed by atoms with E-state index in [-0.39, 0.29) is 24.3 Å². The van der Waals surface area contributed by atoms with Crippen LogP contribution in [0.1, 0.15) is 43.5 Å². The van der Waals surface area contributed by atoms with Crippen molar-refractivity contribution in [3.8, 4) is 0 Å². The molecule has 0 radical (unpaired) electrons. The summed E-state index contributed by atoms with van der Waals surface area (Å²) in [4.78, 5) is 34.2. The third kappa shape index (κ3) is 4.33. The SMILES string of the molecule is CCCCN(C)C(=O)Cn1c([C@@H]2CC(=O)N(c3ccc(C)cc3)C2)nc2ccccc21. The number of nitrogens with zero attached hydrogens (tertiary/aromatic N) is 4. The number of hydrogen-bond donors (Lipinski definition) is 0. The maximum atomic E-state index is 12.9. The molecule has 6 nitrogen and oxygen atoms in total. The number of aromatic nitrogens is 2. The molecule has 2 amide bonds. The molecule has 3 aromatic rings. The van der Waals surface area contributed by atoms with Crippen molar-refractivity contribution in [1.82, 2.24) is 14.5 Å². The van der Waals surface area contributed by atoms with Crippen molar-refractivity contribution >= 4 is 28.5 Å². The maximum Gasteiger partial charge on any atom is 0.242 e. The van der Waals surface area contributed by atoms with E-state index in [4.69, 9.17) is 4.98 Å². The first-order valence-corrected chi connectivity index (χ1v) is 11.0. The van der Waals surface area contributed by atoms with E-state index in [1.807, 2.05) is 72.0 Å². The lowest BCUT2D eigenvalue weighted by Crippen LogP contribution is -2.32. The van der Waals surface area contributed by atoms with Gasteiger partial charge in [-0.25, -0.2) is 4.98 Å². The van der Waals surface area contributed by atoms with Gasteiger partial charge in [0.05, 0.1) is 11.0 Å². The molecule has 0 aliphatic carbocycles. The normalized spacial score (nSPS) is 16.3. The third-order valence-corrected chi connectivity index (χ3v) is 6.09. The number of fused-ring (bicyclic) bond motifs is 1. The zero-order chi connectivity index (χ0) is 22.0. The Kier molecular flexibility index (Phi) is 6.07. The molecule has 6 heteroatoms. The van der Waals surface area contributed by atoms with E-state index in [0.29, 0.717) is 13.0 Å². The molecule has 0 N–H and O–H groups in total. The van der Waals surface area contributed by atoms with Crippen LogP contribution in [0.15, 0.2) is 48.5 Å². The number of carbonyl (C=O) groups is 2. The number of carbonyl (C=O) groups excluding carboxylic acids is 2. The van der Waals surface area contributed by atoms with Gasteiger partial charge in [0, 0.05) is 38.2 Å². The van der Waals surface area contributed by atoms with Gasteiger partial charge in [0.25, 0.3) is 0 Å². The number of hydrogen-bond acceptors (Lipinski definition) is 3. The highest BCUT2D eigenvalue weighted by atomic mass is 16.2. The molecule has 1 aliphatic heterocycles. The van der Waals surface area contributed by atoms with Gasteiger partial charge in [-0.3, -0.25) is 9.59 Å². The Labute approximate surface area is 183 Å². The van der Waals surface area contributed by atoms with Gasteiger partial charge in [-0.15, -0.1) is 0 Å². The summed E-state index contributed by atoms with van der Waals surface area (Å²) < 4.78 is 2.01. The third-order valence-electron chi connectivity index (χ3n) is 6.09. The van der Waals surface area contributed by atoms with Crippen LogP contribution >= 0.6 is 0 Å². The summed E-state index contributed by atoms with van der Waals surface area (Å²) in [5, 5.41) is 0. The smallest absolute Gasteiger partial charge is 0.242 e. The van der Waals surface area contributed by atoms with Gasteiger partial charge in [-0.05, 0) is 37.6 Å². The number of likely N-dealkylation sites (N-methyl/N-ethyl adjacent to an activating group) is 1. The molecule has 31 heavy (non-hydrogen) atoms. The lowest BCUT2D eigenvalue weighted by molar-refractivity contribution is -0.130. The maximum absolute atomic E-state index is 12.9. The first kappa shape index (κ1) is 21.1. The molecule has 1 atom stereocenters. The number of aryl methyl sites for hydroxylation is 1. The second kappa shape index (κ2) is 8.92. The molecule has 0 spiro atoms. The van der Waals surface area contributed by atoms with Gasteiger partial charge in [0.1, 0.15) is 12.4 Å². The molecule has 0 saturated carbocycles. The van der Waals surface area contributed by atoms with E-state index in [0.717, 1.165) is 41.9 Å². The Bertz CT molecular complexity index is 1090. The van der Waals surface area contributed by atoms with Crippen LogP contribution in [0, 0.1) is 6.92 Å². The summed E-state index contributed by atoms with van der Waals surface area (Å²) in [6, 6.07) is 15.9. The Hall–Kier alpha value is -3.15. The topological polar surface area (TPSA) is 58.4 Å². The van der Waals surface area contributed by atoms with Crippen molar-refractivity contribution in [2.24, 2.45) is 0 Å². The lowest BCUT2D eigenvalue weighted by atomic mass is 10.1. The summed E-state index contributed by atoms with van der Waals surface area (Å²) in [5.41, 5.74) is 3.88. The highest BCUT2D eigenvalue weighted by Crippen LogP contribution is 2.33. The predicted molar refractivity (Wildman–Crippen MR) is 123 cm³/mol. The minimum Gasteiger partial charge on any atom is -0.344 e. The minimum atomic E-state index is -0.0463. The zero-order valence-electron chi connectivity index (χ0n) is 18.5. The Morgan fingerprint density at radius 2 is 1.90 bits per heavy atom. The summed E-state index contributed by atoms with van der Waals surface area (Å²) >= 11 is 0. The summed E-state index contributed by atoms with van der Waals surface area (Å²) in [5.74, 6) is 0.938. The number of imidazole rings is 1. The fourth-order valence-electron chi connectivity index (χ4n) is 4.20. The van der Waals surface area contributed by atoms with E-state index in [1.54, 1.807) is 4.90 Å². The summed E-state index contributed by atoms with van der Waals surface area (Å²) in [7, 11) is 1.86. The van der Waals surface area contributed by atoms with Gasteiger partial charge in [-0.1, -0.05) is 43.2 Å². The van der Waals surface area contributed by atoms with Gasteiger partial charge in [-0.2, -0.15) is 0 Å². The minimum absolute atomic E-state index is 0.0463. The van der Waals surface area contributed by atoms with Gasteiger partial charge in [0.15, 0.2) is 0 Å². The number of benzene rings is 2. The number of para-hydroxylation sites is 2. The van der Waals surface area contributed by atoms with E-state index >= 15 is 0 Å². The quantitative estimate of drug-likeness (QED) is 0.580. The molecule has 0 bridgehead atoms. The average molecular weight is 419 g/mol. The van der Waals surface area contributed by atoms with E-state index in [1.165, 1.54) is 5.56 Å². The van der Waals surface area contributed by atoms with Crippen LogP contribution in [0.2, 0.25) is 0 Å². The molecule has 2 heterocycles. The van der Waals surface area contributed by atoms with E-state index < -0.39 is 0 Å². The molecule has 1 aromatic heterocycles. The fraction of sp³-hybridized carbons (Fsp3) is 0.400. The van der Waals surface area contributed by atoms with Crippen molar-refractivity contribution < 1.29 is 9.59 Å². The molecule has 1 saturated heterocycles. The van der Waals surface area contributed by atoms with Crippen molar-refractivity contribution in [1.29, 1.82) is 0 Å². The first-order chi connectivity index (χ1) is 15.0. The Morgan fingerprint density at radius 3 is 2.65 bits per heavy atom. The van der Waals surface area contributed by atoms with Crippen LogP contribution in [0.5, 0.6) is 0 Å². The van der Waals surface area contributed by atoms with Crippen LogP contribution in [-0.2, 0) is 16.1 Å². The second-order valence-electron chi connectivity index (χ2n) is 8.45. The molecular formula is C25H30N4O2. The van der Waals surface area contributed by atoms with Crippen LogP contribution in [0.3, 0.4) is 0 Å². The molecule has 0 unspecified atom stereocenters. The van der Waals surface area contributed by atoms with Crippen molar-refractivity contribution in [3.05, 3.63) is 59.9 Å². The molecular weight excluding hydrogens is 388 g/mol.